The number of ketones is 1. The Bertz CT molecular complexity index is 2640. The van der Waals surface area contributed by atoms with E-state index in [0.29, 0.717) is 29.4 Å². The van der Waals surface area contributed by atoms with Crippen molar-refractivity contribution in [2.75, 3.05) is 17.9 Å². The maximum Gasteiger partial charge on any atom is 0.305 e. The third-order valence-corrected chi connectivity index (χ3v) is 18.8. The number of unbranched alkanes of at least 4 members (excludes halogenated alkanes) is 3. The van der Waals surface area contributed by atoms with Gasteiger partial charge < -0.3 is 41.0 Å². The first-order chi connectivity index (χ1) is 36.3. The van der Waals surface area contributed by atoms with Gasteiger partial charge in [-0.2, -0.15) is 0 Å². The van der Waals surface area contributed by atoms with Gasteiger partial charge >= 0.3 is 5.97 Å². The summed E-state index contributed by atoms with van der Waals surface area (Å²) in [5.41, 5.74) is -4.40. The molecule has 4 fully saturated rings. The number of aliphatic carboxylic acids is 1. The summed E-state index contributed by atoms with van der Waals surface area (Å²) < 4.78 is 60.8. The fourth-order valence-corrected chi connectivity index (χ4v) is 14.8. The van der Waals surface area contributed by atoms with Gasteiger partial charge in [-0.15, -0.1) is 11.8 Å². The summed E-state index contributed by atoms with van der Waals surface area (Å²) in [5, 5.41) is 30.5. The lowest BCUT2D eigenvalue weighted by atomic mass is 9.44. The maximum atomic E-state index is 17.8. The molecule has 1 unspecified atom stereocenters. The molecular weight excluding hydrogens is 1040 g/mol. The minimum atomic E-state index is -2.38. The third kappa shape index (κ3) is 12.3. The van der Waals surface area contributed by atoms with Crippen LogP contribution in [0, 0.1) is 22.7 Å². The van der Waals surface area contributed by atoms with Crippen molar-refractivity contribution < 1.29 is 66.4 Å². The van der Waals surface area contributed by atoms with E-state index < -0.39 is 122 Å². The lowest BCUT2D eigenvalue weighted by molar-refractivity contribution is -0.232. The number of hydrogen-bond donors (Lipinski definition) is 6. The number of anilines is 1. The molecule has 15 nitrogen and oxygen atoms in total. The monoisotopic (exact) mass is 1110 g/mol. The molecule has 0 bridgehead atoms. The zero-order chi connectivity index (χ0) is 56.3. The van der Waals surface area contributed by atoms with E-state index in [0.717, 1.165) is 49.3 Å². The molecule has 7 rings (SSSR count). The number of aliphatic hydroxyl groups is 1. The predicted octanol–water partition coefficient (Wildman–Crippen LogP) is 8.33. The molecule has 77 heavy (non-hydrogen) atoms. The van der Waals surface area contributed by atoms with Crippen LogP contribution in [0.5, 0.6) is 0 Å². The highest BCUT2D eigenvalue weighted by Crippen LogP contribution is 2.73. The van der Waals surface area contributed by atoms with Crippen LogP contribution < -0.4 is 21.3 Å². The highest BCUT2D eigenvalue weighted by molar-refractivity contribution is 8.13. The average Bonchev–Trinajstić information content (AvgIpc) is 3.93. The van der Waals surface area contributed by atoms with Crippen molar-refractivity contribution in [2.24, 2.45) is 22.7 Å². The quantitative estimate of drug-likeness (QED) is 0.0577. The normalized spacial score (nSPS) is 30.3. The lowest BCUT2D eigenvalue weighted by Crippen LogP contribution is -2.70. The number of halogens is 3. The maximum absolute atomic E-state index is 17.8. The Kier molecular flexibility index (Phi) is 18.7. The van der Waals surface area contributed by atoms with Crippen LogP contribution in [0.2, 0.25) is 0 Å². The number of hydrogen-bond acceptors (Lipinski definition) is 12. The molecule has 0 spiro atoms. The Hall–Kier alpha value is -5.02. The molecule has 0 radical (unpaired) electrons. The van der Waals surface area contributed by atoms with Crippen LogP contribution in [0.15, 0.2) is 72.3 Å². The molecule has 6 N–H and O–H groups in total. The summed E-state index contributed by atoms with van der Waals surface area (Å²) >= 11 is 1.73. The van der Waals surface area contributed by atoms with Crippen molar-refractivity contribution in [3.05, 3.63) is 89.0 Å². The van der Waals surface area contributed by atoms with Gasteiger partial charge in [0.25, 0.3) is 0 Å². The van der Waals surface area contributed by atoms with Gasteiger partial charge in [0.1, 0.15) is 24.3 Å². The van der Waals surface area contributed by atoms with Gasteiger partial charge in [-0.25, -0.2) is 13.2 Å². The van der Waals surface area contributed by atoms with E-state index in [9.17, 15) is 48.2 Å². The Balaban J connectivity index is 0.907. The van der Waals surface area contributed by atoms with Crippen molar-refractivity contribution in [2.45, 2.75) is 177 Å². The number of benzene rings is 2. The number of allylic oxidation sites excluding steroid dienone is 4. The number of thioether (sulfide) groups is 2. The van der Waals surface area contributed by atoms with Crippen molar-refractivity contribution in [1.29, 1.82) is 0 Å². The van der Waals surface area contributed by atoms with Crippen molar-refractivity contribution in [3.63, 3.8) is 0 Å². The number of nitrogens with one attached hydrogen (secondary N) is 4. The Morgan fingerprint density at radius 2 is 1.64 bits per heavy atom. The number of carboxylic acids is 1. The van der Waals surface area contributed by atoms with Crippen LogP contribution in [-0.2, 0) is 49.5 Å². The van der Waals surface area contributed by atoms with Crippen LogP contribution in [0.1, 0.15) is 136 Å². The third-order valence-electron chi connectivity index (χ3n) is 16.6. The Morgan fingerprint density at radius 1 is 0.922 bits per heavy atom. The largest absolute Gasteiger partial charge is 0.481 e. The van der Waals surface area contributed by atoms with E-state index in [2.05, 4.69) is 28.2 Å². The topological polar surface area (TPSA) is 227 Å². The van der Waals surface area contributed by atoms with Crippen molar-refractivity contribution in [3.8, 4) is 0 Å². The fraction of sp³-hybridized carbons (Fsp3) is 0.596. The second kappa shape index (κ2) is 24.1. The Morgan fingerprint density at radius 3 is 2.32 bits per heavy atom. The van der Waals surface area contributed by atoms with Crippen molar-refractivity contribution in [1.82, 2.24) is 16.0 Å². The van der Waals surface area contributed by atoms with E-state index in [1.165, 1.54) is 44.7 Å². The van der Waals surface area contributed by atoms with Gasteiger partial charge in [-0.05, 0) is 99.8 Å². The highest BCUT2D eigenvalue weighted by atomic mass is 32.2. The van der Waals surface area contributed by atoms with Gasteiger partial charge in [0.05, 0.1) is 23.9 Å². The van der Waals surface area contributed by atoms with Gasteiger partial charge in [0.2, 0.25) is 28.7 Å². The molecule has 5 aliphatic rings. The first-order valence-electron chi connectivity index (χ1n) is 26.6. The SMILES string of the molecule is CCCCCCC(C)(C)SC(CC(=O)O)C(=O)NCCC(=O)N[C@@H](C)C(=O)N[C@@H](C)C(=O)Nc1cccc(Cc2ccc([C@@H]3O[C@@H]4C[C@H]5[C@@H]6C[C@H](F)C7=CC(=O)C=C[C@]7(C)[C@@]6(F)[C@@H](O)C[C@]5(C)[C@]4(C(=O)SCF)O3)cc2)c1. The van der Waals surface area contributed by atoms with E-state index in [1.807, 2.05) is 32.0 Å². The predicted molar refractivity (Wildman–Crippen MR) is 288 cm³/mol. The molecule has 1 saturated heterocycles. The minimum absolute atomic E-state index is 0.0168. The number of carbonyl (C=O) groups is 7. The first-order valence-corrected chi connectivity index (χ1v) is 28.5. The van der Waals surface area contributed by atoms with E-state index in [1.54, 1.807) is 37.3 Å². The second-order valence-corrected chi connectivity index (χ2v) is 25.2. The van der Waals surface area contributed by atoms with Crippen LogP contribution in [0.3, 0.4) is 0 Å². The summed E-state index contributed by atoms with van der Waals surface area (Å²) in [6, 6.07) is 11.3. The molecule has 2 aromatic rings. The number of carboxylic acid groups (broad SMARTS) is 1. The number of fused-ring (bicyclic) bond motifs is 7. The van der Waals surface area contributed by atoms with Crippen molar-refractivity contribution >= 4 is 69.7 Å². The molecule has 13 atom stereocenters. The number of rotatable bonds is 23. The molecule has 1 aliphatic heterocycles. The molecule has 4 amide bonds. The van der Waals surface area contributed by atoms with Gasteiger partial charge in [0, 0.05) is 45.7 Å². The average molecular weight is 1110 g/mol. The second-order valence-electron chi connectivity index (χ2n) is 22.4. The molecule has 2 aromatic carbocycles. The fourth-order valence-electron chi connectivity index (χ4n) is 12.6. The zero-order valence-corrected chi connectivity index (χ0v) is 46.4. The first kappa shape index (κ1) is 59.6. The zero-order valence-electron chi connectivity index (χ0n) is 44.8. The number of amides is 4. The smallest absolute Gasteiger partial charge is 0.305 e. The number of carbonyl (C=O) groups excluding carboxylic acids is 6. The molecule has 4 aliphatic carbocycles. The van der Waals surface area contributed by atoms with Crippen LogP contribution in [0.4, 0.5) is 18.9 Å². The Labute approximate surface area is 456 Å². The summed E-state index contributed by atoms with van der Waals surface area (Å²) in [7, 11) is 0. The van der Waals surface area contributed by atoms with Crippen LogP contribution in [-0.4, -0.2) is 115 Å². The number of aliphatic hydroxyl groups excluding tert-OH is 1. The van der Waals surface area contributed by atoms with Gasteiger partial charge in [0.15, 0.2) is 23.3 Å². The van der Waals surface area contributed by atoms with Gasteiger partial charge in [-0.1, -0.05) is 108 Å². The van der Waals surface area contributed by atoms with Crippen LogP contribution in [0.25, 0.3) is 0 Å². The molecule has 420 valence electrons. The highest BCUT2D eigenvalue weighted by Gasteiger charge is 2.80. The summed E-state index contributed by atoms with van der Waals surface area (Å²) in [5.74, 6) is -5.49. The molecule has 1 heterocycles. The molecule has 3 saturated carbocycles. The summed E-state index contributed by atoms with van der Waals surface area (Å²) in [6.45, 7) is 12.2. The standard InChI is InChI=1S/C57H73F3N4O11S2/c1-8-9-10-11-21-53(4,5)77-43(29-47(68)69)50(72)61-23-20-46(67)62-32(2)48(70)63-33(3)49(71)64-37-14-12-13-35(25-37)24-34-15-17-36(18-16-34)51-74-45-28-39-40-27-42(59)41-26-38(65)19-22-54(41,6)56(40,60)44(66)30-55(39,7)57(45,75-51)52(73)76-31-58/h12-19,22,25-26,32-33,39-40,42-45,51,66H,8-11,20-21,23-24,27-31H2,1-7H3,(H,61,72)(H,62,67)(H,63,70)(H,64,71)(H,68,69)/t32-,33-,39-,40-,42-,43?,44-,45+,51+,54-,55-,56-,57-/m0/s1. The summed E-state index contributed by atoms with van der Waals surface area (Å²) in [4.78, 5) is 90.1. The molecular formula is C57H73F3N4O11S2. The van der Waals surface area contributed by atoms with E-state index in [4.69, 9.17) is 9.47 Å². The summed E-state index contributed by atoms with van der Waals surface area (Å²) in [6.07, 6.45) is 2.72. The molecule has 20 heteroatoms. The lowest BCUT2D eigenvalue weighted by Gasteiger charge is -2.63. The van der Waals surface area contributed by atoms with Crippen LogP contribution >= 0.6 is 23.5 Å². The van der Waals surface area contributed by atoms with E-state index >= 15 is 8.78 Å². The minimum Gasteiger partial charge on any atom is -0.481 e. The molecule has 0 aromatic heterocycles. The van der Waals surface area contributed by atoms with Gasteiger partial charge in [-0.3, -0.25) is 33.6 Å². The van der Waals surface area contributed by atoms with E-state index in [-0.39, 0.29) is 49.0 Å². The number of ether oxygens (including phenoxy) is 2. The number of alkyl halides is 3.